The summed E-state index contributed by atoms with van der Waals surface area (Å²) in [4.78, 5) is 40.5. The highest BCUT2D eigenvalue weighted by molar-refractivity contribution is 6.21. The van der Waals surface area contributed by atoms with Crippen molar-refractivity contribution < 1.29 is 19.1 Å². The number of likely N-dealkylation sites (tertiary alicyclic amines) is 1. The van der Waals surface area contributed by atoms with Gasteiger partial charge in [0.25, 0.3) is 11.8 Å². The second kappa shape index (κ2) is 8.61. The molecule has 30 heavy (non-hydrogen) atoms. The standard InChI is InChI=1S/C22H24N4O4/c1-15-10-11-19(24-23-15)30-16-6-4-12-25(14-16)20(27)9-5-13-26-21(28)17-7-2-3-8-18(17)22(26)29/h2-3,7-8,10-11,16H,4-6,9,12-14H2,1H3. The van der Waals surface area contributed by atoms with Gasteiger partial charge in [0.15, 0.2) is 0 Å². The van der Waals surface area contributed by atoms with Gasteiger partial charge < -0.3 is 9.64 Å². The second-order valence-corrected chi connectivity index (χ2v) is 7.65. The van der Waals surface area contributed by atoms with Crippen molar-refractivity contribution in [3.63, 3.8) is 0 Å². The number of piperidine rings is 1. The second-order valence-electron chi connectivity index (χ2n) is 7.65. The highest BCUT2D eigenvalue weighted by Gasteiger charge is 2.34. The van der Waals surface area contributed by atoms with Gasteiger partial charge in [-0.05, 0) is 44.4 Å². The van der Waals surface area contributed by atoms with Gasteiger partial charge in [-0.3, -0.25) is 19.3 Å². The number of benzene rings is 1. The Kier molecular flexibility index (Phi) is 5.74. The minimum Gasteiger partial charge on any atom is -0.471 e. The molecule has 0 saturated carbocycles. The van der Waals surface area contributed by atoms with Crippen LogP contribution in [0.25, 0.3) is 0 Å². The molecule has 1 aromatic heterocycles. The minimum atomic E-state index is -0.284. The average molecular weight is 408 g/mol. The normalized spacial score (nSPS) is 18.5. The number of hydrogen-bond donors (Lipinski definition) is 0. The summed E-state index contributed by atoms with van der Waals surface area (Å²) in [5.41, 5.74) is 1.69. The molecule has 1 fully saturated rings. The summed E-state index contributed by atoms with van der Waals surface area (Å²) in [7, 11) is 0. The molecule has 1 atom stereocenters. The number of imide groups is 1. The van der Waals surface area contributed by atoms with E-state index in [-0.39, 0.29) is 36.8 Å². The van der Waals surface area contributed by atoms with E-state index >= 15 is 0 Å². The summed E-state index contributed by atoms with van der Waals surface area (Å²) in [6.45, 7) is 3.29. The molecule has 0 bridgehead atoms. The first-order valence-corrected chi connectivity index (χ1v) is 10.2. The SMILES string of the molecule is Cc1ccc(OC2CCCN(C(=O)CCCN3C(=O)c4ccccc4C3=O)C2)nn1. The Morgan fingerprint density at radius 3 is 2.50 bits per heavy atom. The molecule has 0 aliphatic carbocycles. The maximum Gasteiger partial charge on any atom is 0.261 e. The number of carbonyl (C=O) groups is 3. The lowest BCUT2D eigenvalue weighted by molar-refractivity contribution is -0.134. The summed E-state index contributed by atoms with van der Waals surface area (Å²) in [6.07, 6.45) is 2.32. The Balaban J connectivity index is 1.26. The lowest BCUT2D eigenvalue weighted by atomic mass is 10.1. The molecule has 8 nitrogen and oxygen atoms in total. The largest absolute Gasteiger partial charge is 0.471 e. The fraction of sp³-hybridized carbons (Fsp3) is 0.409. The number of aryl methyl sites for hydroxylation is 1. The molecule has 3 heterocycles. The average Bonchev–Trinajstić information content (AvgIpc) is 3.00. The molecule has 2 aromatic rings. The van der Waals surface area contributed by atoms with Crippen molar-refractivity contribution >= 4 is 17.7 Å². The summed E-state index contributed by atoms with van der Waals surface area (Å²) in [6, 6.07) is 10.4. The van der Waals surface area contributed by atoms with E-state index in [1.54, 1.807) is 35.2 Å². The van der Waals surface area contributed by atoms with Gasteiger partial charge in [-0.2, -0.15) is 5.10 Å². The Bertz CT molecular complexity index is 925. The minimum absolute atomic E-state index is 0.00917. The number of aromatic nitrogens is 2. The van der Waals surface area contributed by atoms with Gasteiger partial charge in [0.1, 0.15) is 6.10 Å². The third-order valence-electron chi connectivity index (χ3n) is 5.44. The van der Waals surface area contributed by atoms with Crippen LogP contribution in [0, 0.1) is 6.92 Å². The number of hydrogen-bond acceptors (Lipinski definition) is 6. The summed E-state index contributed by atoms with van der Waals surface area (Å²) >= 11 is 0. The number of ether oxygens (including phenoxy) is 1. The fourth-order valence-corrected chi connectivity index (χ4v) is 3.87. The number of carbonyl (C=O) groups excluding carboxylic acids is 3. The first-order chi connectivity index (χ1) is 14.5. The molecule has 3 amide bonds. The first kappa shape index (κ1) is 20.0. The van der Waals surface area contributed by atoms with Crippen LogP contribution in [0.4, 0.5) is 0 Å². The van der Waals surface area contributed by atoms with Crippen molar-refractivity contribution in [1.29, 1.82) is 0 Å². The number of nitrogens with zero attached hydrogens (tertiary/aromatic N) is 4. The van der Waals surface area contributed by atoms with Gasteiger partial charge in [-0.15, -0.1) is 5.10 Å². The molecular weight excluding hydrogens is 384 g/mol. The van der Waals surface area contributed by atoms with E-state index in [2.05, 4.69) is 10.2 Å². The molecule has 1 aromatic carbocycles. The van der Waals surface area contributed by atoms with Crippen LogP contribution in [0.3, 0.4) is 0 Å². The molecule has 1 unspecified atom stereocenters. The van der Waals surface area contributed by atoms with Crippen LogP contribution in [0.1, 0.15) is 52.1 Å². The van der Waals surface area contributed by atoms with Gasteiger partial charge in [0.05, 0.1) is 23.4 Å². The third-order valence-corrected chi connectivity index (χ3v) is 5.44. The van der Waals surface area contributed by atoms with E-state index in [0.29, 0.717) is 36.5 Å². The predicted molar refractivity (Wildman–Crippen MR) is 108 cm³/mol. The zero-order valence-corrected chi connectivity index (χ0v) is 16.9. The van der Waals surface area contributed by atoms with Crippen molar-refractivity contribution in [2.75, 3.05) is 19.6 Å². The molecule has 2 aliphatic rings. The molecule has 156 valence electrons. The van der Waals surface area contributed by atoms with Gasteiger partial charge in [-0.25, -0.2) is 0 Å². The van der Waals surface area contributed by atoms with Crippen LogP contribution in [-0.4, -0.2) is 63.5 Å². The van der Waals surface area contributed by atoms with Crippen molar-refractivity contribution in [2.24, 2.45) is 0 Å². The monoisotopic (exact) mass is 408 g/mol. The number of rotatable bonds is 6. The Labute approximate surface area is 174 Å². The summed E-state index contributed by atoms with van der Waals surface area (Å²) in [5, 5.41) is 8.01. The van der Waals surface area contributed by atoms with E-state index < -0.39 is 0 Å². The summed E-state index contributed by atoms with van der Waals surface area (Å²) in [5.74, 6) is -0.0946. The highest BCUT2D eigenvalue weighted by atomic mass is 16.5. The van der Waals surface area contributed by atoms with Crippen LogP contribution in [0.5, 0.6) is 5.88 Å². The first-order valence-electron chi connectivity index (χ1n) is 10.2. The van der Waals surface area contributed by atoms with Gasteiger partial charge in [-0.1, -0.05) is 12.1 Å². The van der Waals surface area contributed by atoms with E-state index in [0.717, 1.165) is 18.5 Å². The molecule has 1 saturated heterocycles. The molecule has 0 N–H and O–H groups in total. The van der Waals surface area contributed by atoms with E-state index in [1.807, 2.05) is 13.0 Å². The molecule has 4 rings (SSSR count). The Morgan fingerprint density at radius 1 is 1.10 bits per heavy atom. The number of fused-ring (bicyclic) bond motifs is 1. The fourth-order valence-electron chi connectivity index (χ4n) is 3.87. The van der Waals surface area contributed by atoms with Gasteiger partial charge >= 0.3 is 0 Å². The van der Waals surface area contributed by atoms with E-state index in [9.17, 15) is 14.4 Å². The molecule has 0 radical (unpaired) electrons. The third kappa shape index (κ3) is 4.17. The van der Waals surface area contributed by atoms with Crippen LogP contribution in [0.2, 0.25) is 0 Å². The number of amides is 3. The Hall–Kier alpha value is -3.29. The predicted octanol–water partition coefficient (Wildman–Crippen LogP) is 2.23. The van der Waals surface area contributed by atoms with Crippen LogP contribution in [0.15, 0.2) is 36.4 Å². The van der Waals surface area contributed by atoms with Crippen molar-refractivity contribution in [1.82, 2.24) is 20.0 Å². The maximum absolute atomic E-state index is 12.6. The zero-order valence-electron chi connectivity index (χ0n) is 16.9. The van der Waals surface area contributed by atoms with Crippen molar-refractivity contribution in [3.05, 3.63) is 53.2 Å². The molecule has 0 spiro atoms. The Morgan fingerprint density at radius 2 is 1.83 bits per heavy atom. The van der Waals surface area contributed by atoms with Crippen LogP contribution < -0.4 is 4.74 Å². The van der Waals surface area contributed by atoms with Crippen molar-refractivity contribution in [2.45, 2.75) is 38.7 Å². The zero-order chi connectivity index (χ0) is 21.1. The smallest absolute Gasteiger partial charge is 0.261 e. The van der Waals surface area contributed by atoms with Gasteiger partial charge in [0.2, 0.25) is 11.8 Å². The van der Waals surface area contributed by atoms with Crippen LogP contribution in [-0.2, 0) is 4.79 Å². The molecular formula is C22H24N4O4. The van der Waals surface area contributed by atoms with Gasteiger partial charge in [0, 0.05) is 25.6 Å². The topological polar surface area (TPSA) is 92.7 Å². The highest BCUT2D eigenvalue weighted by Crippen LogP contribution is 2.23. The molecule has 8 heteroatoms. The van der Waals surface area contributed by atoms with Crippen LogP contribution >= 0.6 is 0 Å². The lowest BCUT2D eigenvalue weighted by Crippen LogP contribution is -2.44. The molecule has 2 aliphatic heterocycles. The summed E-state index contributed by atoms with van der Waals surface area (Å²) < 4.78 is 5.88. The lowest BCUT2D eigenvalue weighted by Gasteiger charge is -2.32. The van der Waals surface area contributed by atoms with Crippen molar-refractivity contribution in [3.8, 4) is 5.88 Å². The van der Waals surface area contributed by atoms with E-state index in [4.69, 9.17) is 4.74 Å². The maximum atomic E-state index is 12.6. The quantitative estimate of drug-likeness (QED) is 0.681. The van der Waals surface area contributed by atoms with E-state index in [1.165, 1.54) is 4.90 Å².